The predicted molar refractivity (Wildman–Crippen MR) is 116 cm³/mol. The van der Waals surface area contributed by atoms with E-state index in [1.807, 2.05) is 30.3 Å². The van der Waals surface area contributed by atoms with Crippen LogP contribution in [0.15, 0.2) is 30.3 Å². The summed E-state index contributed by atoms with van der Waals surface area (Å²) in [5.74, 6) is -0.291. The van der Waals surface area contributed by atoms with Gasteiger partial charge in [0.05, 0.1) is 7.11 Å². The lowest BCUT2D eigenvalue weighted by Gasteiger charge is -2.30. The fraction of sp³-hybridized carbons (Fsp3) is 0.652. The number of amides is 1. The summed E-state index contributed by atoms with van der Waals surface area (Å²) in [7, 11) is 1.39. The average molecular weight is 407 g/mol. The molecule has 0 fully saturated rings. The second-order valence-corrected chi connectivity index (χ2v) is 9.92. The average Bonchev–Trinajstić information content (AvgIpc) is 2.61. The monoisotopic (exact) mass is 406 g/mol. The van der Waals surface area contributed by atoms with Gasteiger partial charge in [0.15, 0.2) is 0 Å². The minimum Gasteiger partial charge on any atom is -0.468 e. The SMILES string of the molecule is COC(=O)[C@H](CC(C)(C)C)NC[C@H](CC(C)(C)C)NC(=O)OCc1ccccc1. The van der Waals surface area contributed by atoms with Crippen LogP contribution in [0.2, 0.25) is 0 Å². The highest BCUT2D eigenvalue weighted by atomic mass is 16.5. The summed E-state index contributed by atoms with van der Waals surface area (Å²) in [4.78, 5) is 24.5. The molecule has 2 N–H and O–H groups in total. The van der Waals surface area contributed by atoms with Gasteiger partial charge in [0.25, 0.3) is 0 Å². The number of ether oxygens (including phenoxy) is 2. The molecule has 6 heteroatoms. The first-order valence-corrected chi connectivity index (χ1v) is 10.2. The van der Waals surface area contributed by atoms with Gasteiger partial charge < -0.3 is 20.1 Å². The van der Waals surface area contributed by atoms with Crippen molar-refractivity contribution >= 4 is 12.1 Å². The quantitative estimate of drug-likeness (QED) is 0.599. The van der Waals surface area contributed by atoms with Crippen molar-refractivity contribution < 1.29 is 19.1 Å². The highest BCUT2D eigenvalue weighted by molar-refractivity contribution is 5.75. The van der Waals surface area contributed by atoms with Crippen LogP contribution in [0.5, 0.6) is 0 Å². The third-order valence-corrected chi connectivity index (χ3v) is 4.31. The summed E-state index contributed by atoms with van der Waals surface area (Å²) in [5.41, 5.74) is 0.904. The van der Waals surface area contributed by atoms with Crippen LogP contribution < -0.4 is 10.6 Å². The Bertz CT molecular complexity index is 633. The maximum Gasteiger partial charge on any atom is 0.407 e. The van der Waals surface area contributed by atoms with Gasteiger partial charge in [-0.1, -0.05) is 71.9 Å². The minimum absolute atomic E-state index is 0.00382. The fourth-order valence-corrected chi connectivity index (χ4v) is 3.12. The van der Waals surface area contributed by atoms with Gasteiger partial charge in [0.1, 0.15) is 12.6 Å². The first-order chi connectivity index (χ1) is 13.4. The second kappa shape index (κ2) is 11.2. The van der Waals surface area contributed by atoms with Crippen LogP contribution in [-0.4, -0.2) is 37.8 Å². The smallest absolute Gasteiger partial charge is 0.407 e. The molecule has 0 saturated heterocycles. The van der Waals surface area contributed by atoms with Crippen LogP contribution in [0.3, 0.4) is 0 Å². The number of methoxy groups -OCH3 is 1. The third kappa shape index (κ3) is 11.5. The Balaban J connectivity index is 2.70. The molecule has 1 rings (SSSR count). The summed E-state index contributed by atoms with van der Waals surface area (Å²) < 4.78 is 10.3. The Morgan fingerprint density at radius 3 is 2.07 bits per heavy atom. The molecule has 1 aromatic carbocycles. The van der Waals surface area contributed by atoms with Gasteiger partial charge in [-0.15, -0.1) is 0 Å². The van der Waals surface area contributed by atoms with Gasteiger partial charge in [-0.05, 0) is 29.2 Å². The number of rotatable bonds is 9. The third-order valence-electron chi connectivity index (χ3n) is 4.31. The van der Waals surface area contributed by atoms with E-state index in [9.17, 15) is 9.59 Å². The molecule has 6 nitrogen and oxygen atoms in total. The topological polar surface area (TPSA) is 76.7 Å². The minimum atomic E-state index is -0.463. The molecule has 0 spiro atoms. The fourth-order valence-electron chi connectivity index (χ4n) is 3.12. The summed E-state index contributed by atoms with van der Waals surface area (Å²) in [6.07, 6.45) is 0.917. The Kier molecular flexibility index (Phi) is 9.63. The molecule has 29 heavy (non-hydrogen) atoms. The maximum atomic E-state index is 12.3. The number of hydrogen-bond acceptors (Lipinski definition) is 5. The number of carbonyl (C=O) groups excluding carboxylic acids is 2. The van der Waals surface area contributed by atoms with Crippen LogP contribution in [0.4, 0.5) is 4.79 Å². The predicted octanol–water partition coefficient (Wildman–Crippen LogP) is 4.29. The Hall–Kier alpha value is -2.08. The molecule has 0 radical (unpaired) electrons. The Morgan fingerprint density at radius 2 is 1.55 bits per heavy atom. The van der Waals surface area contributed by atoms with Crippen LogP contribution in [0.25, 0.3) is 0 Å². The molecule has 0 aliphatic carbocycles. The van der Waals surface area contributed by atoms with E-state index in [1.165, 1.54) is 7.11 Å². The second-order valence-electron chi connectivity index (χ2n) is 9.92. The van der Waals surface area contributed by atoms with E-state index in [-0.39, 0.29) is 29.4 Å². The normalized spacial score (nSPS) is 14.0. The van der Waals surface area contributed by atoms with Crippen molar-refractivity contribution in [3.63, 3.8) is 0 Å². The van der Waals surface area contributed by atoms with Crippen molar-refractivity contribution in [2.24, 2.45) is 10.8 Å². The first-order valence-electron chi connectivity index (χ1n) is 10.2. The van der Waals surface area contributed by atoms with Gasteiger partial charge >= 0.3 is 12.1 Å². The molecule has 164 valence electrons. The lowest BCUT2D eigenvalue weighted by atomic mass is 9.86. The van der Waals surface area contributed by atoms with E-state index in [0.29, 0.717) is 13.0 Å². The van der Waals surface area contributed by atoms with Crippen molar-refractivity contribution in [3.05, 3.63) is 35.9 Å². The summed E-state index contributed by atoms with van der Waals surface area (Å²) in [5, 5.41) is 6.23. The molecule has 0 aliphatic rings. The van der Waals surface area contributed by atoms with Crippen molar-refractivity contribution in [3.8, 4) is 0 Å². The molecule has 0 aromatic heterocycles. The van der Waals surface area contributed by atoms with Crippen LogP contribution in [-0.2, 0) is 20.9 Å². The van der Waals surface area contributed by atoms with Gasteiger partial charge in [-0.2, -0.15) is 0 Å². The molecule has 2 atom stereocenters. The van der Waals surface area contributed by atoms with Gasteiger partial charge in [-0.3, -0.25) is 4.79 Å². The van der Waals surface area contributed by atoms with Gasteiger partial charge in [0.2, 0.25) is 0 Å². The number of benzene rings is 1. The molecule has 0 saturated carbocycles. The molecule has 0 heterocycles. The van der Waals surface area contributed by atoms with E-state index in [4.69, 9.17) is 9.47 Å². The number of esters is 1. The molecule has 0 aliphatic heterocycles. The van der Waals surface area contributed by atoms with E-state index in [1.54, 1.807) is 0 Å². The number of nitrogens with one attached hydrogen (secondary N) is 2. The summed E-state index contributed by atoms with van der Waals surface area (Å²) in [6.45, 7) is 13.3. The zero-order valence-electron chi connectivity index (χ0n) is 19.0. The lowest BCUT2D eigenvalue weighted by Crippen LogP contribution is -2.49. The van der Waals surface area contributed by atoms with Gasteiger partial charge in [0, 0.05) is 12.6 Å². The van der Waals surface area contributed by atoms with E-state index in [2.05, 4.69) is 52.2 Å². The summed E-state index contributed by atoms with van der Waals surface area (Å²) >= 11 is 0. The number of carbonyl (C=O) groups is 2. The van der Waals surface area contributed by atoms with Crippen molar-refractivity contribution in [2.75, 3.05) is 13.7 Å². The van der Waals surface area contributed by atoms with E-state index in [0.717, 1.165) is 12.0 Å². The maximum absolute atomic E-state index is 12.3. The van der Waals surface area contributed by atoms with E-state index >= 15 is 0 Å². The Labute approximate surface area is 175 Å². The molecular weight excluding hydrogens is 368 g/mol. The zero-order chi connectivity index (χ0) is 22.1. The van der Waals surface area contributed by atoms with E-state index < -0.39 is 12.1 Å². The van der Waals surface area contributed by atoms with Crippen molar-refractivity contribution in [1.29, 1.82) is 0 Å². The highest BCUT2D eigenvalue weighted by Gasteiger charge is 2.28. The largest absolute Gasteiger partial charge is 0.468 e. The standard InChI is InChI=1S/C23H38N2O4/c1-22(2,3)13-18(15-24-19(20(26)28-7)14-23(4,5)6)25-21(27)29-16-17-11-9-8-10-12-17/h8-12,18-19,24H,13-16H2,1-7H3,(H,25,27)/t18-,19-/m0/s1. The highest BCUT2D eigenvalue weighted by Crippen LogP contribution is 2.23. The van der Waals surface area contributed by atoms with Gasteiger partial charge in [-0.25, -0.2) is 4.79 Å². The Morgan fingerprint density at radius 1 is 0.966 bits per heavy atom. The molecule has 0 unspecified atom stereocenters. The molecule has 0 bridgehead atoms. The van der Waals surface area contributed by atoms with Crippen molar-refractivity contribution in [1.82, 2.24) is 10.6 Å². The first kappa shape index (κ1) is 25.0. The lowest BCUT2D eigenvalue weighted by molar-refractivity contribution is -0.144. The van der Waals surface area contributed by atoms with Crippen LogP contribution in [0.1, 0.15) is 59.9 Å². The number of alkyl carbamates (subject to hydrolysis) is 1. The number of hydrogen-bond donors (Lipinski definition) is 2. The zero-order valence-corrected chi connectivity index (χ0v) is 19.0. The summed E-state index contributed by atoms with van der Waals surface area (Å²) in [6, 6.07) is 8.96. The molecule has 1 amide bonds. The van der Waals surface area contributed by atoms with Crippen molar-refractivity contribution in [2.45, 2.75) is 73.1 Å². The van der Waals surface area contributed by atoms with Crippen LogP contribution in [0, 0.1) is 10.8 Å². The van der Waals surface area contributed by atoms with Crippen LogP contribution >= 0.6 is 0 Å². The molecular formula is C23H38N2O4. The molecule has 1 aromatic rings.